The quantitative estimate of drug-likeness (QED) is 0.747. The molecule has 1 aromatic carbocycles. The first kappa shape index (κ1) is 12.4. The van der Waals surface area contributed by atoms with Gasteiger partial charge in [-0.05, 0) is 42.3 Å². The standard InChI is InChI=1S/C11H13ClO2S/c1-2-3-8-15(14)10-6-4-9(5-7-10)11(12)13/h4-7H,2-3,8H2,1H3. The molecule has 1 unspecified atom stereocenters. The third kappa shape index (κ3) is 3.76. The van der Waals surface area contributed by atoms with Crippen LogP contribution >= 0.6 is 11.6 Å². The lowest BCUT2D eigenvalue weighted by Gasteiger charge is -2.01. The Morgan fingerprint density at radius 2 is 1.93 bits per heavy atom. The lowest BCUT2D eigenvalue weighted by Crippen LogP contribution is -1.98. The minimum atomic E-state index is -0.959. The van der Waals surface area contributed by atoms with Gasteiger partial charge in [0.1, 0.15) is 0 Å². The molecule has 0 bridgehead atoms. The largest absolute Gasteiger partial charge is 0.276 e. The van der Waals surface area contributed by atoms with Crippen LogP contribution in [0.3, 0.4) is 0 Å². The molecule has 0 aromatic heterocycles. The molecule has 0 saturated heterocycles. The lowest BCUT2D eigenvalue weighted by molar-refractivity contribution is 0.108. The fourth-order valence-corrected chi connectivity index (χ4v) is 2.48. The zero-order chi connectivity index (χ0) is 11.3. The Hall–Kier alpha value is -0.670. The van der Waals surface area contributed by atoms with Crippen molar-refractivity contribution in [1.82, 2.24) is 0 Å². The number of benzene rings is 1. The molecule has 2 nitrogen and oxygen atoms in total. The molecule has 0 radical (unpaired) electrons. The average molecular weight is 245 g/mol. The summed E-state index contributed by atoms with van der Waals surface area (Å²) < 4.78 is 11.7. The van der Waals surface area contributed by atoms with Crippen molar-refractivity contribution in [3.05, 3.63) is 29.8 Å². The summed E-state index contributed by atoms with van der Waals surface area (Å²) in [5, 5.41) is -0.485. The normalized spacial score (nSPS) is 12.4. The first-order valence-electron chi connectivity index (χ1n) is 4.83. The molecule has 0 aliphatic heterocycles. The van der Waals surface area contributed by atoms with Gasteiger partial charge >= 0.3 is 0 Å². The number of hydrogen-bond donors (Lipinski definition) is 0. The molecule has 0 spiro atoms. The molecule has 0 amide bonds. The number of halogens is 1. The van der Waals surface area contributed by atoms with Crippen molar-refractivity contribution in [1.29, 1.82) is 0 Å². The van der Waals surface area contributed by atoms with Gasteiger partial charge in [-0.3, -0.25) is 9.00 Å². The molecule has 1 rings (SSSR count). The van der Waals surface area contributed by atoms with E-state index < -0.39 is 16.0 Å². The van der Waals surface area contributed by atoms with Crippen LogP contribution in [0.1, 0.15) is 30.1 Å². The Kier molecular flexibility index (Phi) is 4.99. The average Bonchev–Trinajstić information content (AvgIpc) is 2.26. The van der Waals surface area contributed by atoms with E-state index in [2.05, 4.69) is 6.92 Å². The minimum absolute atomic E-state index is 0.438. The van der Waals surface area contributed by atoms with Gasteiger partial charge in [0, 0.05) is 16.2 Å². The highest BCUT2D eigenvalue weighted by Gasteiger charge is 2.05. The Morgan fingerprint density at radius 3 is 2.40 bits per heavy atom. The molecular formula is C11H13ClO2S. The number of carbonyl (C=O) groups excluding carboxylic acids is 1. The molecule has 4 heteroatoms. The predicted molar refractivity (Wildman–Crippen MR) is 62.8 cm³/mol. The van der Waals surface area contributed by atoms with Gasteiger partial charge in [-0.15, -0.1) is 0 Å². The summed E-state index contributed by atoms with van der Waals surface area (Å²) in [7, 11) is -0.959. The van der Waals surface area contributed by atoms with Gasteiger partial charge in [-0.25, -0.2) is 0 Å². The SMILES string of the molecule is CCCCS(=O)c1ccc(C(=O)Cl)cc1. The summed E-state index contributed by atoms with van der Waals surface area (Å²) in [5.41, 5.74) is 0.438. The van der Waals surface area contributed by atoms with Crippen molar-refractivity contribution in [3.63, 3.8) is 0 Å². The van der Waals surface area contributed by atoms with Crippen LogP contribution in [-0.4, -0.2) is 15.2 Å². The van der Waals surface area contributed by atoms with Crippen LogP contribution in [0, 0.1) is 0 Å². The first-order chi connectivity index (χ1) is 7.15. The predicted octanol–water partition coefficient (Wildman–Crippen LogP) is 2.97. The van der Waals surface area contributed by atoms with Crippen LogP contribution in [-0.2, 0) is 10.8 Å². The third-order valence-corrected chi connectivity index (χ3v) is 3.70. The van der Waals surface area contributed by atoms with E-state index in [4.69, 9.17) is 11.6 Å². The summed E-state index contributed by atoms with van der Waals surface area (Å²) in [6, 6.07) is 6.60. The molecule has 1 aromatic rings. The van der Waals surface area contributed by atoms with E-state index in [1.54, 1.807) is 24.3 Å². The van der Waals surface area contributed by atoms with Crippen LogP contribution < -0.4 is 0 Å². The van der Waals surface area contributed by atoms with Crippen molar-refractivity contribution in [2.24, 2.45) is 0 Å². The van der Waals surface area contributed by atoms with Gasteiger partial charge in [0.25, 0.3) is 5.24 Å². The Morgan fingerprint density at radius 1 is 1.33 bits per heavy atom. The third-order valence-electron chi connectivity index (χ3n) is 2.03. The highest BCUT2D eigenvalue weighted by Crippen LogP contribution is 2.11. The molecule has 0 saturated carbocycles. The van der Waals surface area contributed by atoms with Gasteiger partial charge in [-0.2, -0.15) is 0 Å². The molecule has 0 aliphatic carbocycles. The van der Waals surface area contributed by atoms with E-state index >= 15 is 0 Å². The fourth-order valence-electron chi connectivity index (χ4n) is 1.13. The van der Waals surface area contributed by atoms with E-state index in [0.29, 0.717) is 11.3 Å². The Balaban J connectivity index is 2.71. The Labute approximate surface area is 97.1 Å². The molecule has 82 valence electrons. The number of rotatable bonds is 5. The summed E-state index contributed by atoms with van der Waals surface area (Å²) in [5.74, 6) is 0.671. The van der Waals surface area contributed by atoms with Gasteiger partial charge in [-0.1, -0.05) is 13.3 Å². The van der Waals surface area contributed by atoms with Crippen LogP contribution in [0.2, 0.25) is 0 Å². The number of unbranched alkanes of at least 4 members (excludes halogenated alkanes) is 1. The second kappa shape index (κ2) is 6.03. The second-order valence-corrected chi connectivity index (χ2v) is 5.12. The molecule has 0 fully saturated rings. The van der Waals surface area contributed by atoms with E-state index in [1.807, 2.05) is 0 Å². The number of hydrogen-bond acceptors (Lipinski definition) is 2. The Bertz CT molecular complexity index is 359. The smallest absolute Gasteiger partial charge is 0.252 e. The molecule has 0 N–H and O–H groups in total. The highest BCUT2D eigenvalue weighted by atomic mass is 35.5. The zero-order valence-electron chi connectivity index (χ0n) is 8.53. The van der Waals surface area contributed by atoms with Crippen molar-refractivity contribution in [3.8, 4) is 0 Å². The van der Waals surface area contributed by atoms with Gasteiger partial charge in [0.05, 0.1) is 10.8 Å². The summed E-state index contributed by atoms with van der Waals surface area (Å²) >= 11 is 5.30. The van der Waals surface area contributed by atoms with Crippen molar-refractivity contribution >= 4 is 27.6 Å². The van der Waals surface area contributed by atoms with E-state index in [-0.39, 0.29) is 0 Å². The van der Waals surface area contributed by atoms with Crippen LogP contribution in [0.4, 0.5) is 0 Å². The number of carbonyl (C=O) groups is 1. The van der Waals surface area contributed by atoms with E-state index in [1.165, 1.54) is 0 Å². The molecule has 0 aliphatic rings. The van der Waals surface area contributed by atoms with Crippen molar-refractivity contribution in [2.75, 3.05) is 5.75 Å². The van der Waals surface area contributed by atoms with Crippen LogP contribution in [0.25, 0.3) is 0 Å². The fraction of sp³-hybridized carbons (Fsp3) is 0.364. The van der Waals surface area contributed by atoms with Crippen molar-refractivity contribution < 1.29 is 9.00 Å². The van der Waals surface area contributed by atoms with E-state index in [0.717, 1.165) is 17.7 Å². The van der Waals surface area contributed by atoms with Gasteiger partial charge in [0.15, 0.2) is 0 Å². The zero-order valence-corrected chi connectivity index (χ0v) is 10.1. The summed E-state index contributed by atoms with van der Waals surface area (Å²) in [6.07, 6.45) is 1.98. The molecule has 15 heavy (non-hydrogen) atoms. The monoisotopic (exact) mass is 244 g/mol. The maximum atomic E-state index is 11.7. The van der Waals surface area contributed by atoms with Crippen LogP contribution in [0.15, 0.2) is 29.2 Å². The molecular weight excluding hydrogens is 232 g/mol. The molecule has 0 heterocycles. The maximum Gasteiger partial charge on any atom is 0.252 e. The second-order valence-electron chi connectivity index (χ2n) is 3.20. The van der Waals surface area contributed by atoms with Gasteiger partial charge in [0.2, 0.25) is 0 Å². The lowest BCUT2D eigenvalue weighted by atomic mass is 10.2. The summed E-state index contributed by atoms with van der Waals surface area (Å²) in [4.78, 5) is 11.5. The topological polar surface area (TPSA) is 34.1 Å². The molecule has 1 atom stereocenters. The van der Waals surface area contributed by atoms with Crippen LogP contribution in [0.5, 0.6) is 0 Å². The maximum absolute atomic E-state index is 11.7. The van der Waals surface area contributed by atoms with Gasteiger partial charge < -0.3 is 0 Å². The van der Waals surface area contributed by atoms with Crippen molar-refractivity contribution in [2.45, 2.75) is 24.7 Å². The first-order valence-corrected chi connectivity index (χ1v) is 6.53. The highest BCUT2D eigenvalue weighted by molar-refractivity contribution is 7.85. The van der Waals surface area contributed by atoms with E-state index in [9.17, 15) is 9.00 Å². The summed E-state index contributed by atoms with van der Waals surface area (Å²) in [6.45, 7) is 2.06. The minimum Gasteiger partial charge on any atom is -0.276 e.